The van der Waals surface area contributed by atoms with Gasteiger partial charge in [-0.25, -0.2) is 9.18 Å². The number of aryl methyl sites for hydroxylation is 1. The van der Waals surface area contributed by atoms with E-state index in [2.05, 4.69) is 10.1 Å². The number of esters is 1. The van der Waals surface area contributed by atoms with E-state index in [1.54, 1.807) is 24.3 Å². The average molecular weight is 308 g/mol. The monoisotopic (exact) mass is 307 g/mol. The van der Waals surface area contributed by atoms with Gasteiger partial charge in [0.05, 0.1) is 12.7 Å². The third kappa shape index (κ3) is 3.95. The molecule has 3 nitrogen and oxygen atoms in total. The summed E-state index contributed by atoms with van der Waals surface area (Å²) < 4.78 is 17.9. The largest absolute Gasteiger partial charge is 0.465 e. The zero-order valence-electron chi connectivity index (χ0n) is 11.7. The maximum atomic E-state index is 13.3. The van der Waals surface area contributed by atoms with Gasteiger partial charge in [-0.1, -0.05) is 11.6 Å². The fraction of sp³-hybridized carbons (Fsp3) is 0.188. The lowest BCUT2D eigenvalue weighted by Gasteiger charge is -2.11. The number of nitrogens with one attached hydrogen (secondary N) is 1. The standard InChI is InChI=1S/C16H15ClFNO2/c1-10-5-12(16(20)21-2)3-4-15(10)19-9-11-6-13(17)8-14(18)7-11/h3-8,19H,9H2,1-2H3. The molecule has 0 fully saturated rings. The molecule has 0 radical (unpaired) electrons. The number of hydrogen-bond donors (Lipinski definition) is 1. The minimum absolute atomic E-state index is 0.364. The molecule has 0 amide bonds. The molecule has 0 atom stereocenters. The van der Waals surface area contributed by atoms with Crippen LogP contribution in [-0.4, -0.2) is 13.1 Å². The van der Waals surface area contributed by atoms with Crippen LogP contribution in [-0.2, 0) is 11.3 Å². The van der Waals surface area contributed by atoms with Gasteiger partial charge in [0.1, 0.15) is 5.82 Å². The molecule has 0 aromatic heterocycles. The first-order chi connectivity index (χ1) is 9.99. The minimum Gasteiger partial charge on any atom is -0.465 e. The summed E-state index contributed by atoms with van der Waals surface area (Å²) >= 11 is 5.82. The molecule has 110 valence electrons. The van der Waals surface area contributed by atoms with Crippen molar-refractivity contribution in [3.8, 4) is 0 Å². The van der Waals surface area contributed by atoms with E-state index in [1.165, 1.54) is 19.2 Å². The molecule has 2 aromatic rings. The average Bonchev–Trinajstić information content (AvgIpc) is 2.44. The second-order valence-electron chi connectivity index (χ2n) is 4.65. The Balaban J connectivity index is 2.11. The predicted octanol–water partition coefficient (Wildman–Crippen LogP) is 4.19. The highest BCUT2D eigenvalue weighted by Gasteiger charge is 2.07. The van der Waals surface area contributed by atoms with Crippen molar-refractivity contribution < 1.29 is 13.9 Å². The van der Waals surface area contributed by atoms with Gasteiger partial charge in [0.2, 0.25) is 0 Å². The van der Waals surface area contributed by atoms with Crippen molar-refractivity contribution in [2.45, 2.75) is 13.5 Å². The Hall–Kier alpha value is -2.07. The number of anilines is 1. The molecule has 5 heteroatoms. The molecule has 0 aliphatic heterocycles. The van der Waals surface area contributed by atoms with Crippen molar-refractivity contribution in [3.63, 3.8) is 0 Å². The van der Waals surface area contributed by atoms with Gasteiger partial charge in [0.15, 0.2) is 0 Å². The fourth-order valence-electron chi connectivity index (χ4n) is 2.02. The van der Waals surface area contributed by atoms with Crippen LogP contribution in [0.2, 0.25) is 5.02 Å². The lowest BCUT2D eigenvalue weighted by molar-refractivity contribution is 0.0600. The zero-order valence-corrected chi connectivity index (χ0v) is 12.5. The molecule has 2 aromatic carbocycles. The lowest BCUT2D eigenvalue weighted by atomic mass is 10.1. The summed E-state index contributed by atoms with van der Waals surface area (Å²) in [6, 6.07) is 9.61. The maximum Gasteiger partial charge on any atom is 0.337 e. The number of carbonyl (C=O) groups excluding carboxylic acids is 1. The van der Waals surface area contributed by atoms with Crippen molar-refractivity contribution in [1.82, 2.24) is 0 Å². The summed E-state index contributed by atoms with van der Waals surface area (Å²) in [7, 11) is 1.34. The zero-order chi connectivity index (χ0) is 15.4. The Bertz CT molecular complexity index is 653. The highest BCUT2D eigenvalue weighted by atomic mass is 35.5. The van der Waals surface area contributed by atoms with Gasteiger partial charge in [-0.3, -0.25) is 0 Å². The summed E-state index contributed by atoms with van der Waals surface area (Å²) in [6.07, 6.45) is 0. The summed E-state index contributed by atoms with van der Waals surface area (Å²) in [5, 5.41) is 3.56. The molecule has 0 spiro atoms. The Morgan fingerprint density at radius 2 is 2.05 bits per heavy atom. The van der Waals surface area contributed by atoms with Crippen LogP contribution in [0.4, 0.5) is 10.1 Å². The van der Waals surface area contributed by atoms with Crippen LogP contribution in [0.25, 0.3) is 0 Å². The second-order valence-corrected chi connectivity index (χ2v) is 5.09. The number of carbonyl (C=O) groups is 1. The van der Waals surface area contributed by atoms with Crippen LogP contribution < -0.4 is 5.32 Å². The number of benzene rings is 2. The normalized spacial score (nSPS) is 10.3. The van der Waals surface area contributed by atoms with Gasteiger partial charge in [-0.2, -0.15) is 0 Å². The third-order valence-corrected chi connectivity index (χ3v) is 3.27. The molecule has 21 heavy (non-hydrogen) atoms. The molecule has 0 saturated carbocycles. The van der Waals surface area contributed by atoms with Crippen LogP contribution in [0.1, 0.15) is 21.5 Å². The van der Waals surface area contributed by atoms with Gasteiger partial charge in [-0.15, -0.1) is 0 Å². The quantitative estimate of drug-likeness (QED) is 0.861. The minimum atomic E-state index is -0.374. The SMILES string of the molecule is COC(=O)c1ccc(NCc2cc(F)cc(Cl)c2)c(C)c1. The Labute approximate surface area is 127 Å². The van der Waals surface area contributed by atoms with Crippen molar-refractivity contribution in [3.05, 3.63) is 63.9 Å². The van der Waals surface area contributed by atoms with Crippen molar-refractivity contribution in [1.29, 1.82) is 0 Å². The number of methoxy groups -OCH3 is 1. The third-order valence-electron chi connectivity index (χ3n) is 3.05. The molecular formula is C16H15ClFNO2. The second kappa shape index (κ2) is 6.59. The summed E-state index contributed by atoms with van der Waals surface area (Å²) in [6.45, 7) is 2.32. The first kappa shape index (κ1) is 15.3. The Morgan fingerprint density at radius 3 is 2.67 bits per heavy atom. The highest BCUT2D eigenvalue weighted by molar-refractivity contribution is 6.30. The molecule has 0 unspecified atom stereocenters. The summed E-state index contributed by atoms with van der Waals surface area (Å²) in [4.78, 5) is 11.4. The maximum absolute atomic E-state index is 13.3. The number of hydrogen-bond acceptors (Lipinski definition) is 3. The topological polar surface area (TPSA) is 38.3 Å². The van der Waals surface area contributed by atoms with Crippen LogP contribution in [0.15, 0.2) is 36.4 Å². The van der Waals surface area contributed by atoms with Gasteiger partial charge in [0, 0.05) is 17.3 Å². The van der Waals surface area contributed by atoms with E-state index < -0.39 is 0 Å². The summed E-state index contributed by atoms with van der Waals surface area (Å²) in [5.74, 6) is -0.737. The van der Waals surface area contributed by atoms with Crippen LogP contribution in [0.5, 0.6) is 0 Å². The molecule has 0 aliphatic carbocycles. The van der Waals surface area contributed by atoms with Gasteiger partial charge < -0.3 is 10.1 Å². The van der Waals surface area contributed by atoms with E-state index in [0.29, 0.717) is 17.1 Å². The van der Waals surface area contributed by atoms with Gasteiger partial charge in [0.25, 0.3) is 0 Å². The molecule has 0 heterocycles. The van der Waals surface area contributed by atoms with Gasteiger partial charge >= 0.3 is 5.97 Å². The number of halogens is 2. The first-order valence-corrected chi connectivity index (χ1v) is 6.75. The Kier molecular flexibility index (Phi) is 4.81. The first-order valence-electron chi connectivity index (χ1n) is 6.37. The van der Waals surface area contributed by atoms with Crippen molar-refractivity contribution >= 4 is 23.3 Å². The smallest absolute Gasteiger partial charge is 0.337 e. The number of rotatable bonds is 4. The van der Waals surface area contributed by atoms with E-state index >= 15 is 0 Å². The van der Waals surface area contributed by atoms with Crippen LogP contribution >= 0.6 is 11.6 Å². The predicted molar refractivity (Wildman–Crippen MR) is 81.3 cm³/mol. The molecule has 0 aliphatic rings. The molecule has 1 N–H and O–H groups in total. The number of ether oxygens (including phenoxy) is 1. The van der Waals surface area contributed by atoms with E-state index in [-0.39, 0.29) is 11.8 Å². The summed E-state index contributed by atoms with van der Waals surface area (Å²) in [5.41, 5.74) is 3.01. The molecule has 0 bridgehead atoms. The molecular weight excluding hydrogens is 293 g/mol. The van der Waals surface area contributed by atoms with E-state index in [1.807, 2.05) is 6.92 Å². The molecule has 0 saturated heterocycles. The Morgan fingerprint density at radius 1 is 1.29 bits per heavy atom. The molecule has 2 rings (SSSR count). The van der Waals surface area contributed by atoms with Crippen LogP contribution in [0, 0.1) is 12.7 Å². The van der Waals surface area contributed by atoms with E-state index in [0.717, 1.165) is 16.8 Å². The van der Waals surface area contributed by atoms with Crippen LogP contribution in [0.3, 0.4) is 0 Å². The lowest BCUT2D eigenvalue weighted by Crippen LogP contribution is -2.05. The van der Waals surface area contributed by atoms with Crippen molar-refractivity contribution in [2.75, 3.05) is 12.4 Å². The van der Waals surface area contributed by atoms with E-state index in [9.17, 15) is 9.18 Å². The van der Waals surface area contributed by atoms with Gasteiger partial charge in [-0.05, 0) is 54.4 Å². The highest BCUT2D eigenvalue weighted by Crippen LogP contribution is 2.19. The fourth-order valence-corrected chi connectivity index (χ4v) is 2.26. The van der Waals surface area contributed by atoms with E-state index in [4.69, 9.17) is 11.6 Å². The van der Waals surface area contributed by atoms with Crippen molar-refractivity contribution in [2.24, 2.45) is 0 Å².